The van der Waals surface area contributed by atoms with Crippen LogP contribution in [-0.2, 0) is 23.2 Å². The van der Waals surface area contributed by atoms with Crippen LogP contribution in [0.4, 0.5) is 0 Å². The number of hydrogen-bond donors (Lipinski definition) is 1. The molecule has 2 rings (SSSR count). The van der Waals surface area contributed by atoms with Gasteiger partial charge in [0.25, 0.3) is 10.2 Å². The molecule has 1 aromatic rings. The van der Waals surface area contributed by atoms with Crippen LogP contribution in [0.3, 0.4) is 0 Å². The van der Waals surface area contributed by atoms with E-state index >= 15 is 0 Å². The van der Waals surface area contributed by atoms with Crippen LogP contribution >= 0.6 is 15.9 Å². The predicted molar refractivity (Wildman–Crippen MR) is 82.0 cm³/mol. The highest BCUT2D eigenvalue weighted by atomic mass is 79.9. The van der Waals surface area contributed by atoms with Crippen LogP contribution in [0.1, 0.15) is 25.0 Å². The van der Waals surface area contributed by atoms with Crippen LogP contribution in [0.2, 0.25) is 0 Å². The molecule has 0 fully saturated rings. The third-order valence-corrected chi connectivity index (χ3v) is 5.52. The lowest BCUT2D eigenvalue weighted by Crippen LogP contribution is -2.41. The molecule has 0 unspecified atom stereocenters. The molecule has 0 bridgehead atoms. The van der Waals surface area contributed by atoms with Gasteiger partial charge in [-0.15, -0.1) is 0 Å². The fraction of sp³-hybridized carbons (Fsp3) is 0.538. The Morgan fingerprint density at radius 2 is 2.15 bits per heavy atom. The highest BCUT2D eigenvalue weighted by molar-refractivity contribution is 9.10. The van der Waals surface area contributed by atoms with E-state index in [1.807, 2.05) is 26.0 Å². The lowest BCUT2D eigenvalue weighted by Gasteiger charge is -2.21. The van der Waals surface area contributed by atoms with Crippen molar-refractivity contribution in [3.8, 4) is 5.75 Å². The Bertz CT molecular complexity index is 602. The summed E-state index contributed by atoms with van der Waals surface area (Å²) in [6, 6.07) is 3.82. The Kier molecular flexibility index (Phi) is 4.73. The Labute approximate surface area is 128 Å². The van der Waals surface area contributed by atoms with Crippen molar-refractivity contribution in [3.05, 3.63) is 27.7 Å². The standard InChI is InChI=1S/C13H19BrN2O3S/c1-9(2)16(3)20(17,18)15-8-11-7-12(14)6-10-4-5-19-13(10)11/h6-7,9,15H,4-5,8H2,1-3H3. The van der Waals surface area contributed by atoms with E-state index in [1.54, 1.807) is 7.05 Å². The van der Waals surface area contributed by atoms with Crippen molar-refractivity contribution < 1.29 is 13.2 Å². The Morgan fingerprint density at radius 3 is 2.80 bits per heavy atom. The lowest BCUT2D eigenvalue weighted by atomic mass is 10.1. The first kappa shape index (κ1) is 15.8. The van der Waals surface area contributed by atoms with Crippen LogP contribution in [0.15, 0.2) is 16.6 Å². The van der Waals surface area contributed by atoms with Crippen LogP contribution in [-0.4, -0.2) is 32.4 Å². The fourth-order valence-electron chi connectivity index (χ4n) is 2.03. The van der Waals surface area contributed by atoms with Gasteiger partial charge in [-0.1, -0.05) is 15.9 Å². The zero-order chi connectivity index (χ0) is 14.9. The van der Waals surface area contributed by atoms with Crippen LogP contribution < -0.4 is 9.46 Å². The van der Waals surface area contributed by atoms with Crippen molar-refractivity contribution in [2.24, 2.45) is 0 Å². The number of fused-ring (bicyclic) bond motifs is 1. The van der Waals surface area contributed by atoms with Gasteiger partial charge >= 0.3 is 0 Å². The summed E-state index contributed by atoms with van der Waals surface area (Å²) in [7, 11) is -1.91. The minimum Gasteiger partial charge on any atom is -0.493 e. The molecule has 5 nitrogen and oxygen atoms in total. The summed E-state index contributed by atoms with van der Waals surface area (Å²) >= 11 is 3.45. The Hall–Kier alpha value is -0.630. The molecular weight excluding hydrogens is 344 g/mol. The normalized spacial score (nSPS) is 14.7. The number of ether oxygens (including phenoxy) is 1. The maximum atomic E-state index is 12.1. The molecule has 112 valence electrons. The maximum absolute atomic E-state index is 12.1. The third-order valence-electron chi connectivity index (χ3n) is 3.38. The summed E-state index contributed by atoms with van der Waals surface area (Å²) in [4.78, 5) is 0. The highest BCUT2D eigenvalue weighted by Crippen LogP contribution is 2.33. The summed E-state index contributed by atoms with van der Waals surface area (Å²) in [5.41, 5.74) is 1.97. The molecular formula is C13H19BrN2O3S. The average Bonchev–Trinajstić information content (AvgIpc) is 2.82. The molecule has 20 heavy (non-hydrogen) atoms. The fourth-order valence-corrected chi connectivity index (χ4v) is 3.67. The van der Waals surface area contributed by atoms with E-state index in [-0.39, 0.29) is 12.6 Å². The minimum atomic E-state index is -3.48. The van der Waals surface area contributed by atoms with Gasteiger partial charge in [0.05, 0.1) is 6.61 Å². The predicted octanol–water partition coefficient (Wildman–Crippen LogP) is 2.06. The second kappa shape index (κ2) is 6.01. The van der Waals surface area contributed by atoms with Crippen molar-refractivity contribution >= 4 is 26.1 Å². The van der Waals surface area contributed by atoms with Crippen LogP contribution in [0.5, 0.6) is 5.75 Å². The first-order chi connectivity index (χ1) is 9.31. The third kappa shape index (κ3) is 3.33. The highest BCUT2D eigenvalue weighted by Gasteiger charge is 2.22. The number of nitrogens with zero attached hydrogens (tertiary/aromatic N) is 1. The summed E-state index contributed by atoms with van der Waals surface area (Å²) in [5, 5.41) is 0. The van der Waals surface area contributed by atoms with E-state index in [4.69, 9.17) is 4.74 Å². The van der Waals surface area contributed by atoms with Gasteiger partial charge in [-0.3, -0.25) is 0 Å². The van der Waals surface area contributed by atoms with Gasteiger partial charge in [-0.2, -0.15) is 17.4 Å². The van der Waals surface area contributed by atoms with Crippen molar-refractivity contribution in [1.29, 1.82) is 0 Å². The molecule has 7 heteroatoms. The molecule has 0 saturated heterocycles. The Morgan fingerprint density at radius 1 is 1.45 bits per heavy atom. The van der Waals surface area contributed by atoms with Gasteiger partial charge < -0.3 is 4.74 Å². The molecule has 0 atom stereocenters. The first-order valence-corrected chi connectivity index (χ1v) is 8.71. The lowest BCUT2D eigenvalue weighted by molar-refractivity contribution is 0.352. The van der Waals surface area contributed by atoms with Crippen LogP contribution in [0, 0.1) is 0 Å². The average molecular weight is 363 g/mol. The molecule has 0 spiro atoms. The molecule has 1 N–H and O–H groups in total. The molecule has 1 aliphatic rings. The number of halogens is 1. The van der Waals surface area contributed by atoms with Gasteiger partial charge in [0, 0.05) is 36.1 Å². The van der Waals surface area contributed by atoms with Gasteiger partial charge in [-0.05, 0) is 31.5 Å². The second-order valence-electron chi connectivity index (χ2n) is 5.09. The monoisotopic (exact) mass is 362 g/mol. The molecule has 0 aromatic heterocycles. The first-order valence-electron chi connectivity index (χ1n) is 6.48. The molecule has 0 amide bonds. The zero-order valence-corrected chi connectivity index (χ0v) is 14.2. The maximum Gasteiger partial charge on any atom is 0.279 e. The quantitative estimate of drug-likeness (QED) is 0.871. The van der Waals surface area contributed by atoms with Crippen molar-refractivity contribution in [1.82, 2.24) is 9.03 Å². The molecule has 1 aromatic carbocycles. The number of hydrogen-bond acceptors (Lipinski definition) is 3. The van der Waals surface area contributed by atoms with E-state index in [2.05, 4.69) is 20.7 Å². The molecule has 0 saturated carbocycles. The van der Waals surface area contributed by atoms with Crippen molar-refractivity contribution in [2.45, 2.75) is 32.9 Å². The molecule has 1 aliphatic heterocycles. The van der Waals surface area contributed by atoms with Crippen molar-refractivity contribution in [2.75, 3.05) is 13.7 Å². The summed E-state index contributed by atoms with van der Waals surface area (Å²) < 4.78 is 34.6. The summed E-state index contributed by atoms with van der Waals surface area (Å²) in [6.45, 7) is 4.54. The van der Waals surface area contributed by atoms with E-state index in [0.717, 1.165) is 27.8 Å². The van der Waals surface area contributed by atoms with Crippen LogP contribution in [0.25, 0.3) is 0 Å². The van der Waals surface area contributed by atoms with E-state index in [0.29, 0.717) is 6.61 Å². The SMILES string of the molecule is CC(C)N(C)S(=O)(=O)NCc1cc(Br)cc2c1OCC2. The zero-order valence-electron chi connectivity index (χ0n) is 11.8. The largest absolute Gasteiger partial charge is 0.493 e. The number of rotatable bonds is 5. The van der Waals surface area contributed by atoms with Gasteiger partial charge in [-0.25, -0.2) is 0 Å². The molecule has 0 aliphatic carbocycles. The van der Waals surface area contributed by atoms with Crippen molar-refractivity contribution in [3.63, 3.8) is 0 Å². The number of benzene rings is 1. The molecule has 1 heterocycles. The summed E-state index contributed by atoms with van der Waals surface area (Å²) in [5.74, 6) is 0.808. The van der Waals surface area contributed by atoms with E-state index in [9.17, 15) is 8.42 Å². The Balaban J connectivity index is 2.16. The van der Waals surface area contributed by atoms with E-state index < -0.39 is 10.2 Å². The summed E-state index contributed by atoms with van der Waals surface area (Å²) in [6.07, 6.45) is 0.862. The number of nitrogens with one attached hydrogen (secondary N) is 1. The smallest absolute Gasteiger partial charge is 0.279 e. The van der Waals surface area contributed by atoms with E-state index in [1.165, 1.54) is 4.31 Å². The second-order valence-corrected chi connectivity index (χ2v) is 7.82. The van der Waals surface area contributed by atoms with Gasteiger partial charge in [0.1, 0.15) is 5.75 Å². The minimum absolute atomic E-state index is 0.0861. The molecule has 0 radical (unpaired) electrons. The van der Waals surface area contributed by atoms with Gasteiger partial charge in [0.15, 0.2) is 0 Å². The topological polar surface area (TPSA) is 58.6 Å². The van der Waals surface area contributed by atoms with Gasteiger partial charge in [0.2, 0.25) is 0 Å².